The van der Waals surface area contributed by atoms with Gasteiger partial charge in [0.2, 0.25) is 5.91 Å². The molecule has 0 atom stereocenters. The lowest BCUT2D eigenvalue weighted by Gasteiger charge is -1.94. The minimum absolute atomic E-state index is 0.0465. The summed E-state index contributed by atoms with van der Waals surface area (Å²) in [7, 11) is 0. The zero-order valence-corrected chi connectivity index (χ0v) is 9.87. The maximum absolute atomic E-state index is 10.1. The molecule has 0 rings (SSSR count). The maximum atomic E-state index is 10.1. The van der Waals surface area contributed by atoms with Gasteiger partial charge in [0, 0.05) is 12.2 Å². The normalized spacial score (nSPS) is 7.17. The van der Waals surface area contributed by atoms with E-state index in [4.69, 9.17) is 10.2 Å². The topological polar surface area (TPSA) is 127 Å². The van der Waals surface area contributed by atoms with Crippen LogP contribution in [0.4, 0.5) is 0 Å². The van der Waals surface area contributed by atoms with Crippen LogP contribution in [-0.2, 0) is 19.1 Å². The monoisotopic (exact) mass is 259 g/mol. The van der Waals surface area contributed by atoms with Gasteiger partial charge in [0.25, 0.3) is 0 Å². The van der Waals surface area contributed by atoms with Gasteiger partial charge in [-0.1, -0.05) is 19.7 Å². The third kappa shape index (κ3) is 37.4. The van der Waals surface area contributed by atoms with Crippen LogP contribution in [0.5, 0.6) is 0 Å². The van der Waals surface area contributed by atoms with Crippen molar-refractivity contribution in [3.8, 4) is 0 Å². The summed E-state index contributed by atoms with van der Waals surface area (Å²) in [4.78, 5) is 28.8. The van der Waals surface area contributed by atoms with Crippen molar-refractivity contribution in [1.82, 2.24) is 0 Å². The molecule has 0 spiro atoms. The van der Waals surface area contributed by atoms with Crippen molar-refractivity contribution in [3.05, 3.63) is 38.0 Å². The number of carboxylic acids is 1. The zero-order chi connectivity index (χ0) is 15.0. The number of nitrogens with two attached hydrogens (primary N) is 1. The maximum Gasteiger partial charge on any atom is 0.330 e. The highest BCUT2D eigenvalue weighted by atomic mass is 16.5. The SMILES string of the molecule is C=CC(=O)O.C=CC(=O)OCCO.C=CC(N)=O. The molecule has 0 fully saturated rings. The molecule has 4 N–H and O–H groups in total. The van der Waals surface area contributed by atoms with E-state index in [1.165, 1.54) is 0 Å². The van der Waals surface area contributed by atoms with Crippen LogP contribution in [0.1, 0.15) is 0 Å². The summed E-state index contributed by atoms with van der Waals surface area (Å²) < 4.78 is 4.33. The summed E-state index contributed by atoms with van der Waals surface area (Å²) >= 11 is 0. The highest BCUT2D eigenvalue weighted by Gasteiger charge is 1.90. The van der Waals surface area contributed by atoms with Gasteiger partial charge in [-0.2, -0.15) is 0 Å². The lowest BCUT2D eigenvalue weighted by Crippen LogP contribution is -2.04. The van der Waals surface area contributed by atoms with Crippen molar-refractivity contribution >= 4 is 17.8 Å². The Bertz CT molecular complexity index is 280. The van der Waals surface area contributed by atoms with E-state index >= 15 is 0 Å². The Kier molecular flexibility index (Phi) is 19.8. The minimum atomic E-state index is -0.981. The van der Waals surface area contributed by atoms with Crippen LogP contribution in [0.2, 0.25) is 0 Å². The number of aliphatic carboxylic acids is 1. The molecule has 18 heavy (non-hydrogen) atoms. The Morgan fingerprint density at radius 2 is 1.50 bits per heavy atom. The lowest BCUT2D eigenvalue weighted by molar-refractivity contribution is -0.138. The summed E-state index contributed by atoms with van der Waals surface area (Å²) in [5.41, 5.74) is 4.53. The number of carboxylic acid groups (broad SMARTS) is 1. The number of amides is 1. The predicted octanol–water partition coefficient (Wildman–Crippen LogP) is -0.377. The van der Waals surface area contributed by atoms with Crippen LogP contribution in [0.25, 0.3) is 0 Å². The van der Waals surface area contributed by atoms with Crippen molar-refractivity contribution in [1.29, 1.82) is 0 Å². The molecule has 0 unspecified atom stereocenters. The lowest BCUT2D eigenvalue weighted by atomic mass is 10.6. The smallest absolute Gasteiger partial charge is 0.330 e. The van der Waals surface area contributed by atoms with E-state index in [9.17, 15) is 14.4 Å². The average Bonchev–Trinajstić information content (AvgIpc) is 2.37. The second-order valence-electron chi connectivity index (χ2n) is 2.24. The van der Waals surface area contributed by atoms with Crippen molar-refractivity contribution in [3.63, 3.8) is 0 Å². The number of hydrogen-bond donors (Lipinski definition) is 3. The number of ether oxygens (including phenoxy) is 1. The first-order chi connectivity index (χ1) is 8.35. The molecule has 0 aromatic heterocycles. The van der Waals surface area contributed by atoms with E-state index in [1.807, 2.05) is 0 Å². The van der Waals surface area contributed by atoms with E-state index < -0.39 is 17.8 Å². The van der Waals surface area contributed by atoms with Gasteiger partial charge in [-0.25, -0.2) is 9.59 Å². The van der Waals surface area contributed by atoms with E-state index in [2.05, 4.69) is 30.2 Å². The largest absolute Gasteiger partial charge is 0.478 e. The van der Waals surface area contributed by atoms with E-state index in [0.29, 0.717) is 0 Å². The summed E-state index contributed by atoms with van der Waals surface area (Å²) in [5, 5.41) is 15.7. The second kappa shape index (κ2) is 17.0. The highest BCUT2D eigenvalue weighted by Crippen LogP contribution is 1.75. The predicted molar refractivity (Wildman–Crippen MR) is 65.5 cm³/mol. The molecular formula is C11H17NO6. The van der Waals surface area contributed by atoms with Gasteiger partial charge in [-0.3, -0.25) is 4.79 Å². The van der Waals surface area contributed by atoms with Crippen LogP contribution >= 0.6 is 0 Å². The molecule has 0 aromatic carbocycles. The number of rotatable bonds is 5. The first kappa shape index (κ1) is 20.9. The molecular weight excluding hydrogens is 242 g/mol. The second-order valence-corrected chi connectivity index (χ2v) is 2.24. The summed E-state index contributed by atoms with van der Waals surface area (Å²) in [6.45, 7) is 9.11. The van der Waals surface area contributed by atoms with Crippen LogP contribution < -0.4 is 5.73 Å². The number of aliphatic hydroxyl groups excluding tert-OH is 1. The van der Waals surface area contributed by atoms with Crippen LogP contribution in [0, 0.1) is 0 Å². The van der Waals surface area contributed by atoms with Crippen molar-refractivity contribution in [2.75, 3.05) is 13.2 Å². The molecule has 0 aliphatic heterocycles. The average molecular weight is 259 g/mol. The Balaban J connectivity index is -0.000000197. The fraction of sp³-hybridized carbons (Fsp3) is 0.182. The fourth-order valence-electron chi connectivity index (χ4n) is 0.205. The number of carbonyl (C=O) groups excluding carboxylic acids is 2. The molecule has 0 saturated carbocycles. The van der Waals surface area contributed by atoms with Gasteiger partial charge >= 0.3 is 11.9 Å². The Morgan fingerprint density at radius 3 is 1.67 bits per heavy atom. The number of primary amides is 1. The van der Waals surface area contributed by atoms with Gasteiger partial charge in [-0.15, -0.1) is 0 Å². The molecule has 0 saturated heterocycles. The minimum Gasteiger partial charge on any atom is -0.478 e. The summed E-state index contributed by atoms with van der Waals surface area (Å²) in [6.07, 6.45) is 2.94. The molecule has 0 radical (unpaired) electrons. The molecule has 0 aromatic rings. The standard InChI is InChI=1S/C5H8O3.C3H5NO.C3H4O2/c1-2-5(7)8-4-3-6;2*1-2-3(4)5/h2,6H,1,3-4H2;2H,1H2,(H2,4,5);2H,1H2,(H,4,5). The third-order valence-corrected chi connectivity index (χ3v) is 0.878. The van der Waals surface area contributed by atoms with E-state index in [0.717, 1.165) is 18.2 Å². The highest BCUT2D eigenvalue weighted by molar-refractivity contribution is 5.85. The van der Waals surface area contributed by atoms with E-state index in [1.54, 1.807) is 0 Å². The molecule has 7 nitrogen and oxygen atoms in total. The summed E-state index contributed by atoms with van der Waals surface area (Å²) in [6, 6.07) is 0. The van der Waals surface area contributed by atoms with Gasteiger partial charge in [-0.05, 0) is 6.08 Å². The van der Waals surface area contributed by atoms with Crippen LogP contribution in [-0.4, -0.2) is 41.3 Å². The molecule has 0 bridgehead atoms. The Labute approximate surface area is 105 Å². The number of carbonyl (C=O) groups is 3. The van der Waals surface area contributed by atoms with Gasteiger partial charge in [0.05, 0.1) is 6.61 Å². The van der Waals surface area contributed by atoms with Crippen molar-refractivity contribution in [2.45, 2.75) is 0 Å². The van der Waals surface area contributed by atoms with Crippen molar-refractivity contribution < 1.29 is 29.3 Å². The molecule has 7 heteroatoms. The summed E-state index contributed by atoms with van der Waals surface area (Å²) in [5.74, 6) is -1.96. The van der Waals surface area contributed by atoms with Crippen LogP contribution in [0.15, 0.2) is 38.0 Å². The third-order valence-electron chi connectivity index (χ3n) is 0.878. The first-order valence-electron chi connectivity index (χ1n) is 4.52. The Hall–Kier alpha value is -2.41. The number of esters is 1. The van der Waals surface area contributed by atoms with Crippen molar-refractivity contribution in [2.24, 2.45) is 5.73 Å². The molecule has 0 heterocycles. The molecule has 0 aliphatic carbocycles. The van der Waals surface area contributed by atoms with Gasteiger partial charge in [0.15, 0.2) is 0 Å². The fourth-order valence-corrected chi connectivity index (χ4v) is 0.205. The number of hydrogen-bond acceptors (Lipinski definition) is 5. The number of aliphatic hydroxyl groups is 1. The van der Waals surface area contributed by atoms with Gasteiger partial charge < -0.3 is 20.7 Å². The molecule has 102 valence electrons. The Morgan fingerprint density at radius 1 is 1.11 bits per heavy atom. The quantitative estimate of drug-likeness (QED) is 0.456. The van der Waals surface area contributed by atoms with Gasteiger partial charge in [0.1, 0.15) is 6.61 Å². The molecule has 0 aliphatic rings. The first-order valence-corrected chi connectivity index (χ1v) is 4.52. The van der Waals surface area contributed by atoms with Crippen LogP contribution in [0.3, 0.4) is 0 Å². The zero-order valence-electron chi connectivity index (χ0n) is 9.87. The molecule has 1 amide bonds. The van der Waals surface area contributed by atoms with E-state index in [-0.39, 0.29) is 13.2 Å².